The first-order valence-corrected chi connectivity index (χ1v) is 8.57. The fourth-order valence-corrected chi connectivity index (χ4v) is 2.64. The number of hydrogen-bond donors (Lipinski definition) is 1. The van der Waals surface area contributed by atoms with Crippen molar-refractivity contribution in [2.45, 2.75) is 0 Å². The number of rotatable bonds is 9. The average molecular weight is 377 g/mol. The van der Waals surface area contributed by atoms with Crippen molar-refractivity contribution >= 4 is 24.4 Å². The second kappa shape index (κ2) is 9.84. The zero-order valence-electron chi connectivity index (χ0n) is 15.5. The molecular weight excluding hydrogens is 354 g/mol. The molecule has 0 aliphatic heterocycles. The molecule has 2 aromatic carbocycles. The van der Waals surface area contributed by atoms with Gasteiger partial charge in [-0.05, 0) is 42.4 Å². The maximum Gasteiger partial charge on any atom is 0.203 e. The molecule has 0 saturated heterocycles. The van der Waals surface area contributed by atoms with Crippen molar-refractivity contribution in [3.63, 3.8) is 0 Å². The smallest absolute Gasteiger partial charge is 0.203 e. The minimum absolute atomic E-state index is 0.566. The van der Waals surface area contributed by atoms with E-state index in [0.717, 1.165) is 23.4 Å². The second-order valence-corrected chi connectivity index (χ2v) is 5.81. The molecule has 0 aromatic heterocycles. The molecule has 140 valence electrons. The summed E-state index contributed by atoms with van der Waals surface area (Å²) in [6.45, 7) is 0. The zero-order valence-corrected chi connectivity index (χ0v) is 16.3. The van der Waals surface area contributed by atoms with E-state index >= 15 is 0 Å². The van der Waals surface area contributed by atoms with Crippen LogP contribution in [-0.2, 0) is 0 Å². The molecule has 0 spiro atoms. The summed E-state index contributed by atoms with van der Waals surface area (Å²) in [5.41, 5.74) is 1.88. The van der Waals surface area contributed by atoms with E-state index in [1.807, 2.05) is 42.5 Å². The molecule has 2 rings (SSSR count). The molecular formula is C19H23NO5S. The van der Waals surface area contributed by atoms with Gasteiger partial charge in [-0.2, -0.15) is 0 Å². The summed E-state index contributed by atoms with van der Waals surface area (Å²) in [4.78, 5) is 0. The Balaban J connectivity index is 2.31. The van der Waals surface area contributed by atoms with Crippen LogP contribution in [0.5, 0.6) is 28.7 Å². The molecule has 0 aliphatic rings. The van der Waals surface area contributed by atoms with Crippen LogP contribution >= 0.6 is 12.2 Å². The Morgan fingerprint density at radius 3 is 1.85 bits per heavy atom. The zero-order chi connectivity index (χ0) is 18.9. The lowest BCUT2D eigenvalue weighted by molar-refractivity contribution is 0.324. The van der Waals surface area contributed by atoms with Crippen LogP contribution in [0.2, 0.25) is 0 Å². The molecule has 0 unspecified atom stereocenters. The Kier molecular flexibility index (Phi) is 7.50. The highest BCUT2D eigenvalue weighted by Gasteiger charge is 2.12. The van der Waals surface area contributed by atoms with Crippen LogP contribution in [0.3, 0.4) is 0 Å². The van der Waals surface area contributed by atoms with Gasteiger partial charge in [0.1, 0.15) is 12.2 Å². The largest absolute Gasteiger partial charge is 0.493 e. The SMILES string of the molecule is CNSOc1cc(/C=C\c2cc(OC)c(OC)c(OC)c2)ccc1OC. The van der Waals surface area contributed by atoms with Gasteiger partial charge in [-0.1, -0.05) is 18.2 Å². The van der Waals surface area contributed by atoms with Crippen molar-refractivity contribution in [2.75, 3.05) is 35.5 Å². The fraction of sp³-hybridized carbons (Fsp3) is 0.263. The number of benzene rings is 2. The van der Waals surface area contributed by atoms with Gasteiger partial charge in [-0.15, -0.1) is 0 Å². The van der Waals surface area contributed by atoms with Crippen LogP contribution in [0, 0.1) is 0 Å². The quantitative estimate of drug-likeness (QED) is 0.402. The van der Waals surface area contributed by atoms with Crippen LogP contribution in [0.1, 0.15) is 11.1 Å². The van der Waals surface area contributed by atoms with Gasteiger partial charge in [-0.25, -0.2) is 4.72 Å². The predicted octanol–water partition coefficient (Wildman–Crippen LogP) is 4.05. The van der Waals surface area contributed by atoms with Gasteiger partial charge >= 0.3 is 0 Å². The predicted molar refractivity (Wildman–Crippen MR) is 105 cm³/mol. The van der Waals surface area contributed by atoms with Gasteiger partial charge in [-0.3, -0.25) is 0 Å². The van der Waals surface area contributed by atoms with Crippen LogP contribution in [0.15, 0.2) is 30.3 Å². The molecule has 0 heterocycles. The minimum atomic E-state index is 0.566. The lowest BCUT2D eigenvalue weighted by Crippen LogP contribution is -1.97. The highest BCUT2D eigenvalue weighted by Crippen LogP contribution is 2.38. The Morgan fingerprint density at radius 2 is 1.31 bits per heavy atom. The summed E-state index contributed by atoms with van der Waals surface area (Å²) in [5.74, 6) is 3.08. The minimum Gasteiger partial charge on any atom is -0.493 e. The average Bonchev–Trinajstić information content (AvgIpc) is 2.69. The molecule has 2 aromatic rings. The maximum absolute atomic E-state index is 5.56. The van der Waals surface area contributed by atoms with Crippen molar-refractivity contribution in [2.24, 2.45) is 0 Å². The van der Waals surface area contributed by atoms with Gasteiger partial charge in [0.2, 0.25) is 5.75 Å². The Bertz CT molecular complexity index is 739. The molecule has 0 atom stereocenters. The molecule has 0 amide bonds. The summed E-state index contributed by atoms with van der Waals surface area (Å²) >= 11 is 1.13. The third-order valence-electron chi connectivity index (χ3n) is 3.56. The van der Waals surface area contributed by atoms with E-state index in [4.69, 9.17) is 23.1 Å². The third-order valence-corrected chi connectivity index (χ3v) is 3.99. The molecule has 6 nitrogen and oxygen atoms in total. The topological polar surface area (TPSA) is 58.2 Å². The Hall–Kier alpha value is -2.51. The summed E-state index contributed by atoms with van der Waals surface area (Å²) in [7, 11) is 8.16. The van der Waals surface area contributed by atoms with Crippen molar-refractivity contribution in [3.8, 4) is 28.7 Å². The standard InChI is InChI=1S/C19H23NO5S/c1-20-26-25-16-10-13(8-9-15(16)21-2)6-7-14-11-17(22-3)19(24-5)18(12-14)23-4/h6-12,20H,1-5H3/b7-6-. The monoisotopic (exact) mass is 377 g/mol. The van der Waals surface area contributed by atoms with E-state index in [2.05, 4.69) is 4.72 Å². The molecule has 0 saturated carbocycles. The van der Waals surface area contributed by atoms with E-state index in [9.17, 15) is 0 Å². The normalized spacial score (nSPS) is 10.7. The molecule has 7 heteroatoms. The molecule has 0 aliphatic carbocycles. The molecule has 1 N–H and O–H groups in total. The van der Waals surface area contributed by atoms with Crippen LogP contribution in [0.25, 0.3) is 12.2 Å². The number of hydrogen-bond acceptors (Lipinski definition) is 7. The first-order chi connectivity index (χ1) is 12.7. The van der Waals surface area contributed by atoms with Crippen molar-refractivity contribution in [1.82, 2.24) is 4.72 Å². The van der Waals surface area contributed by atoms with Crippen LogP contribution < -0.4 is 27.9 Å². The Labute approximate surface area is 158 Å². The van der Waals surface area contributed by atoms with Crippen molar-refractivity contribution in [1.29, 1.82) is 0 Å². The molecule has 0 radical (unpaired) electrons. The van der Waals surface area contributed by atoms with Gasteiger partial charge in [0.05, 0.1) is 28.4 Å². The first kappa shape index (κ1) is 19.8. The number of nitrogens with one attached hydrogen (secondary N) is 1. The lowest BCUT2D eigenvalue weighted by Gasteiger charge is -2.13. The van der Waals surface area contributed by atoms with Gasteiger partial charge < -0.3 is 23.1 Å². The summed E-state index contributed by atoms with van der Waals surface area (Å²) in [5, 5.41) is 0. The molecule has 0 bridgehead atoms. The second-order valence-electron chi connectivity index (χ2n) is 5.07. The van der Waals surface area contributed by atoms with E-state index in [1.165, 1.54) is 0 Å². The van der Waals surface area contributed by atoms with Crippen molar-refractivity contribution in [3.05, 3.63) is 41.5 Å². The Morgan fingerprint density at radius 1 is 0.731 bits per heavy atom. The summed E-state index contributed by atoms with van der Waals surface area (Å²) in [6, 6.07) is 9.48. The number of ether oxygens (including phenoxy) is 4. The molecule has 26 heavy (non-hydrogen) atoms. The third kappa shape index (κ3) is 4.77. The van der Waals surface area contributed by atoms with E-state index in [0.29, 0.717) is 28.7 Å². The van der Waals surface area contributed by atoms with Crippen LogP contribution in [0.4, 0.5) is 0 Å². The van der Waals surface area contributed by atoms with E-state index in [-0.39, 0.29) is 0 Å². The van der Waals surface area contributed by atoms with Crippen molar-refractivity contribution < 1.29 is 23.1 Å². The van der Waals surface area contributed by atoms with E-state index < -0.39 is 0 Å². The van der Waals surface area contributed by atoms with Gasteiger partial charge in [0.15, 0.2) is 23.0 Å². The van der Waals surface area contributed by atoms with E-state index in [1.54, 1.807) is 35.5 Å². The first-order valence-electron chi connectivity index (χ1n) is 7.83. The molecule has 0 fully saturated rings. The highest BCUT2D eigenvalue weighted by molar-refractivity contribution is 7.93. The summed E-state index contributed by atoms with van der Waals surface area (Å²) < 4.78 is 29.8. The van der Waals surface area contributed by atoms with Gasteiger partial charge in [0, 0.05) is 0 Å². The van der Waals surface area contributed by atoms with Gasteiger partial charge in [0.25, 0.3) is 0 Å². The fourth-order valence-electron chi connectivity index (χ4n) is 2.34. The maximum atomic E-state index is 5.56. The highest BCUT2D eigenvalue weighted by atomic mass is 32.2. The number of methoxy groups -OCH3 is 4. The summed E-state index contributed by atoms with van der Waals surface area (Å²) in [6.07, 6.45) is 3.93. The van der Waals surface area contributed by atoms with Crippen LogP contribution in [-0.4, -0.2) is 35.5 Å². The lowest BCUT2D eigenvalue weighted by atomic mass is 10.1.